The van der Waals surface area contributed by atoms with E-state index in [4.69, 9.17) is 5.73 Å². The number of piperazine rings is 1. The fourth-order valence-corrected chi connectivity index (χ4v) is 2.80. The Bertz CT molecular complexity index is 391. The number of rotatable bonds is 3. The predicted octanol–water partition coefficient (Wildman–Crippen LogP) is 1.63. The van der Waals surface area contributed by atoms with Gasteiger partial charge in [0.15, 0.2) is 0 Å². The fourth-order valence-electron chi connectivity index (χ4n) is 2.80. The molecule has 2 rings (SSSR count). The average Bonchev–Trinajstić information content (AvgIpc) is 2.33. The number of aryl methyl sites for hydroxylation is 1. The molecule has 2 atom stereocenters. The van der Waals surface area contributed by atoms with Gasteiger partial charge >= 0.3 is 0 Å². The van der Waals surface area contributed by atoms with Crippen LogP contribution in [0, 0.1) is 6.92 Å². The highest BCUT2D eigenvalue weighted by Gasteiger charge is 2.23. The maximum atomic E-state index is 6.37. The molecule has 18 heavy (non-hydrogen) atoms. The second kappa shape index (κ2) is 5.83. The Morgan fingerprint density at radius 3 is 2.72 bits per heavy atom. The molecular formula is C15H25N3. The van der Waals surface area contributed by atoms with Gasteiger partial charge in [-0.15, -0.1) is 0 Å². The van der Waals surface area contributed by atoms with Gasteiger partial charge in [-0.1, -0.05) is 24.3 Å². The van der Waals surface area contributed by atoms with E-state index in [1.807, 2.05) is 0 Å². The molecule has 0 amide bonds. The summed E-state index contributed by atoms with van der Waals surface area (Å²) in [5.74, 6) is 0. The van der Waals surface area contributed by atoms with Crippen LogP contribution in [0.25, 0.3) is 0 Å². The van der Waals surface area contributed by atoms with Crippen molar-refractivity contribution in [3.63, 3.8) is 0 Å². The van der Waals surface area contributed by atoms with E-state index in [-0.39, 0.29) is 6.04 Å². The molecule has 1 aromatic rings. The summed E-state index contributed by atoms with van der Waals surface area (Å²) in [4.78, 5) is 4.90. The van der Waals surface area contributed by atoms with Gasteiger partial charge in [-0.05, 0) is 32.0 Å². The van der Waals surface area contributed by atoms with Crippen LogP contribution in [0.4, 0.5) is 0 Å². The van der Waals surface area contributed by atoms with Crippen molar-refractivity contribution in [1.29, 1.82) is 0 Å². The summed E-state index contributed by atoms with van der Waals surface area (Å²) >= 11 is 0. The summed E-state index contributed by atoms with van der Waals surface area (Å²) in [6.45, 7) is 8.80. The zero-order valence-corrected chi connectivity index (χ0v) is 11.8. The molecule has 0 bridgehead atoms. The Morgan fingerprint density at radius 2 is 2.06 bits per heavy atom. The minimum Gasteiger partial charge on any atom is -0.323 e. The van der Waals surface area contributed by atoms with Crippen LogP contribution in [0.15, 0.2) is 24.3 Å². The highest BCUT2D eigenvalue weighted by molar-refractivity contribution is 5.28. The molecule has 1 fully saturated rings. The van der Waals surface area contributed by atoms with Crippen LogP contribution in [-0.4, -0.2) is 49.1 Å². The standard InChI is InChI=1S/C15H25N3/c1-12-6-4-5-7-14(12)15(16)11-18-9-8-17(3)10-13(18)2/h4-7,13,15H,8-11,16H2,1-3H3. The normalized spacial score (nSPS) is 24.1. The maximum Gasteiger partial charge on any atom is 0.0427 e. The molecule has 0 aromatic heterocycles. The van der Waals surface area contributed by atoms with E-state index in [1.165, 1.54) is 11.1 Å². The van der Waals surface area contributed by atoms with E-state index in [2.05, 4.69) is 55.0 Å². The molecule has 3 heteroatoms. The molecule has 2 unspecified atom stereocenters. The Morgan fingerprint density at radius 1 is 1.33 bits per heavy atom. The Balaban J connectivity index is 1.99. The van der Waals surface area contributed by atoms with Crippen molar-refractivity contribution in [3.8, 4) is 0 Å². The predicted molar refractivity (Wildman–Crippen MR) is 76.6 cm³/mol. The van der Waals surface area contributed by atoms with E-state index in [0.717, 1.165) is 26.2 Å². The maximum absolute atomic E-state index is 6.37. The third kappa shape index (κ3) is 3.10. The lowest BCUT2D eigenvalue weighted by atomic mass is 10.0. The molecule has 100 valence electrons. The molecule has 0 radical (unpaired) electrons. The summed E-state index contributed by atoms with van der Waals surface area (Å²) in [6, 6.07) is 9.17. The van der Waals surface area contributed by atoms with E-state index in [1.54, 1.807) is 0 Å². The van der Waals surface area contributed by atoms with E-state index < -0.39 is 0 Å². The smallest absolute Gasteiger partial charge is 0.0427 e. The second-order valence-corrected chi connectivity index (χ2v) is 5.57. The number of benzene rings is 1. The van der Waals surface area contributed by atoms with Gasteiger partial charge in [0.05, 0.1) is 0 Å². The lowest BCUT2D eigenvalue weighted by Gasteiger charge is -2.39. The first-order valence-electron chi connectivity index (χ1n) is 6.81. The van der Waals surface area contributed by atoms with Crippen LogP contribution in [0.5, 0.6) is 0 Å². The van der Waals surface area contributed by atoms with Gasteiger partial charge in [0.2, 0.25) is 0 Å². The number of hydrogen-bond donors (Lipinski definition) is 1. The third-order valence-electron chi connectivity index (χ3n) is 3.99. The summed E-state index contributed by atoms with van der Waals surface area (Å²) < 4.78 is 0. The number of nitrogens with zero attached hydrogens (tertiary/aromatic N) is 2. The fraction of sp³-hybridized carbons (Fsp3) is 0.600. The highest BCUT2D eigenvalue weighted by Crippen LogP contribution is 2.18. The first-order valence-corrected chi connectivity index (χ1v) is 6.81. The molecule has 1 saturated heterocycles. The van der Waals surface area contributed by atoms with Crippen molar-refractivity contribution in [2.24, 2.45) is 5.73 Å². The average molecular weight is 247 g/mol. The van der Waals surface area contributed by atoms with Crippen LogP contribution >= 0.6 is 0 Å². The Kier molecular flexibility index (Phi) is 4.38. The lowest BCUT2D eigenvalue weighted by Crippen LogP contribution is -2.52. The molecule has 1 aliphatic heterocycles. The second-order valence-electron chi connectivity index (χ2n) is 5.57. The van der Waals surface area contributed by atoms with Crippen LogP contribution < -0.4 is 5.73 Å². The van der Waals surface area contributed by atoms with Gasteiger partial charge in [0.1, 0.15) is 0 Å². The monoisotopic (exact) mass is 247 g/mol. The van der Waals surface area contributed by atoms with E-state index in [9.17, 15) is 0 Å². The topological polar surface area (TPSA) is 32.5 Å². The molecule has 0 spiro atoms. The van der Waals surface area contributed by atoms with Crippen molar-refractivity contribution in [1.82, 2.24) is 9.80 Å². The molecule has 2 N–H and O–H groups in total. The highest BCUT2D eigenvalue weighted by atomic mass is 15.3. The zero-order chi connectivity index (χ0) is 13.1. The molecule has 1 aromatic carbocycles. The first-order chi connectivity index (χ1) is 8.58. The van der Waals surface area contributed by atoms with Crippen LogP contribution in [0.1, 0.15) is 24.1 Å². The van der Waals surface area contributed by atoms with Crippen LogP contribution in [0.2, 0.25) is 0 Å². The van der Waals surface area contributed by atoms with Crippen molar-refractivity contribution in [3.05, 3.63) is 35.4 Å². The minimum absolute atomic E-state index is 0.122. The Labute approximate surface area is 111 Å². The lowest BCUT2D eigenvalue weighted by molar-refractivity contribution is 0.0945. The van der Waals surface area contributed by atoms with Gasteiger partial charge in [0, 0.05) is 38.3 Å². The molecule has 0 saturated carbocycles. The number of likely N-dealkylation sites (N-methyl/N-ethyl adjacent to an activating group) is 1. The summed E-state index contributed by atoms with van der Waals surface area (Å²) in [5, 5.41) is 0. The van der Waals surface area contributed by atoms with Crippen molar-refractivity contribution in [2.45, 2.75) is 25.9 Å². The van der Waals surface area contributed by atoms with Crippen LogP contribution in [-0.2, 0) is 0 Å². The van der Waals surface area contributed by atoms with E-state index in [0.29, 0.717) is 6.04 Å². The summed E-state index contributed by atoms with van der Waals surface area (Å²) in [7, 11) is 2.19. The molecule has 1 heterocycles. The van der Waals surface area contributed by atoms with Gasteiger partial charge in [0.25, 0.3) is 0 Å². The summed E-state index contributed by atoms with van der Waals surface area (Å²) in [6.07, 6.45) is 0. The first kappa shape index (κ1) is 13.5. The Hall–Kier alpha value is -0.900. The zero-order valence-electron chi connectivity index (χ0n) is 11.8. The number of hydrogen-bond acceptors (Lipinski definition) is 3. The SMILES string of the molecule is Cc1ccccc1C(N)CN1CCN(C)CC1C. The third-order valence-corrected chi connectivity index (χ3v) is 3.99. The van der Waals surface area contributed by atoms with Gasteiger partial charge in [-0.3, -0.25) is 4.90 Å². The van der Waals surface area contributed by atoms with Crippen molar-refractivity contribution < 1.29 is 0 Å². The molecular weight excluding hydrogens is 222 g/mol. The van der Waals surface area contributed by atoms with Gasteiger partial charge < -0.3 is 10.6 Å². The van der Waals surface area contributed by atoms with E-state index >= 15 is 0 Å². The van der Waals surface area contributed by atoms with Crippen molar-refractivity contribution >= 4 is 0 Å². The minimum atomic E-state index is 0.122. The number of nitrogens with two attached hydrogens (primary N) is 1. The largest absolute Gasteiger partial charge is 0.323 e. The summed E-state index contributed by atoms with van der Waals surface area (Å²) in [5.41, 5.74) is 8.95. The van der Waals surface area contributed by atoms with Gasteiger partial charge in [-0.2, -0.15) is 0 Å². The molecule has 1 aliphatic rings. The van der Waals surface area contributed by atoms with Crippen molar-refractivity contribution in [2.75, 3.05) is 33.2 Å². The quantitative estimate of drug-likeness (QED) is 0.881. The molecule has 3 nitrogen and oxygen atoms in total. The van der Waals surface area contributed by atoms with Crippen LogP contribution in [0.3, 0.4) is 0 Å². The van der Waals surface area contributed by atoms with Gasteiger partial charge in [-0.25, -0.2) is 0 Å². The molecule has 0 aliphatic carbocycles.